The summed E-state index contributed by atoms with van der Waals surface area (Å²) in [5.41, 5.74) is 0.868. The van der Waals surface area contributed by atoms with E-state index in [9.17, 15) is 4.79 Å². The number of guanidine groups is 1. The van der Waals surface area contributed by atoms with Crippen LogP contribution < -0.4 is 16.0 Å². The molecule has 1 amide bonds. The molecule has 0 fully saturated rings. The Morgan fingerprint density at radius 3 is 2.86 bits per heavy atom. The molecule has 3 N–H and O–H groups in total. The topological polar surface area (TPSA) is 87.6 Å². The van der Waals surface area contributed by atoms with E-state index in [-0.39, 0.29) is 11.9 Å². The SMILES string of the molecule is CN=C(NCCC(=O)Nc1cccc(C)n1)NC(C)COC. The normalized spacial score (nSPS) is 12.6. The van der Waals surface area contributed by atoms with Gasteiger partial charge in [0, 0.05) is 38.9 Å². The minimum absolute atomic E-state index is 0.0917. The zero-order valence-electron chi connectivity index (χ0n) is 13.6. The molecular weight excluding hydrogens is 282 g/mol. The third-order valence-corrected chi connectivity index (χ3v) is 2.82. The summed E-state index contributed by atoms with van der Waals surface area (Å²) in [5.74, 6) is 1.12. The lowest BCUT2D eigenvalue weighted by atomic mass is 10.3. The zero-order chi connectivity index (χ0) is 16.4. The number of nitrogens with one attached hydrogen (secondary N) is 3. The van der Waals surface area contributed by atoms with E-state index < -0.39 is 0 Å². The number of aliphatic imine (C=N–C) groups is 1. The highest BCUT2D eigenvalue weighted by Gasteiger charge is 2.06. The quantitative estimate of drug-likeness (QED) is 0.515. The Balaban J connectivity index is 2.31. The van der Waals surface area contributed by atoms with Crippen LogP contribution >= 0.6 is 0 Å². The van der Waals surface area contributed by atoms with E-state index >= 15 is 0 Å². The van der Waals surface area contributed by atoms with Crippen molar-refractivity contribution < 1.29 is 9.53 Å². The number of amides is 1. The average molecular weight is 307 g/mol. The van der Waals surface area contributed by atoms with Crippen molar-refractivity contribution in [2.75, 3.05) is 32.6 Å². The Bertz CT molecular complexity index is 504. The first-order valence-corrected chi connectivity index (χ1v) is 7.24. The van der Waals surface area contributed by atoms with Gasteiger partial charge in [0.25, 0.3) is 0 Å². The Hall–Kier alpha value is -2.15. The van der Waals surface area contributed by atoms with Gasteiger partial charge in [-0.2, -0.15) is 0 Å². The van der Waals surface area contributed by atoms with Crippen molar-refractivity contribution in [1.29, 1.82) is 0 Å². The van der Waals surface area contributed by atoms with Gasteiger partial charge in [-0.3, -0.25) is 9.79 Å². The molecule has 7 nitrogen and oxygen atoms in total. The van der Waals surface area contributed by atoms with E-state index in [0.717, 1.165) is 5.69 Å². The highest BCUT2D eigenvalue weighted by molar-refractivity contribution is 5.90. The second kappa shape index (κ2) is 9.73. The predicted molar refractivity (Wildman–Crippen MR) is 88.1 cm³/mol. The Morgan fingerprint density at radius 1 is 1.45 bits per heavy atom. The van der Waals surface area contributed by atoms with E-state index in [4.69, 9.17) is 4.74 Å². The first-order valence-electron chi connectivity index (χ1n) is 7.24. The van der Waals surface area contributed by atoms with Crippen LogP contribution in [0.5, 0.6) is 0 Å². The van der Waals surface area contributed by atoms with Crippen molar-refractivity contribution in [3.05, 3.63) is 23.9 Å². The molecule has 1 aromatic heterocycles. The number of pyridine rings is 1. The number of anilines is 1. The van der Waals surface area contributed by atoms with E-state index in [1.54, 1.807) is 20.2 Å². The molecule has 0 aromatic carbocycles. The van der Waals surface area contributed by atoms with Crippen LogP contribution in [-0.2, 0) is 9.53 Å². The zero-order valence-corrected chi connectivity index (χ0v) is 13.6. The van der Waals surface area contributed by atoms with Crippen molar-refractivity contribution in [2.24, 2.45) is 4.99 Å². The summed E-state index contributed by atoms with van der Waals surface area (Å²) >= 11 is 0. The van der Waals surface area contributed by atoms with Gasteiger partial charge in [-0.05, 0) is 26.0 Å². The van der Waals surface area contributed by atoms with Crippen molar-refractivity contribution in [3.63, 3.8) is 0 Å². The summed E-state index contributed by atoms with van der Waals surface area (Å²) in [4.78, 5) is 20.2. The van der Waals surface area contributed by atoms with Gasteiger partial charge in [0.15, 0.2) is 5.96 Å². The Labute approximate surface area is 131 Å². The van der Waals surface area contributed by atoms with Gasteiger partial charge < -0.3 is 20.7 Å². The molecule has 0 aliphatic carbocycles. The van der Waals surface area contributed by atoms with Gasteiger partial charge in [0.2, 0.25) is 5.91 Å². The van der Waals surface area contributed by atoms with Crippen molar-refractivity contribution in [1.82, 2.24) is 15.6 Å². The standard InChI is InChI=1S/C15H25N5O2/c1-11-6-5-7-13(18-11)20-14(21)8-9-17-15(16-3)19-12(2)10-22-4/h5-7,12H,8-10H2,1-4H3,(H2,16,17,19)(H,18,20,21). The predicted octanol–water partition coefficient (Wildman–Crippen LogP) is 0.919. The van der Waals surface area contributed by atoms with Gasteiger partial charge in [-0.25, -0.2) is 4.98 Å². The highest BCUT2D eigenvalue weighted by Crippen LogP contribution is 2.03. The lowest BCUT2D eigenvalue weighted by Gasteiger charge is -2.17. The van der Waals surface area contributed by atoms with E-state index in [1.165, 1.54) is 0 Å². The fraction of sp³-hybridized carbons (Fsp3) is 0.533. The highest BCUT2D eigenvalue weighted by atomic mass is 16.5. The van der Waals surface area contributed by atoms with Crippen LogP contribution in [0.4, 0.5) is 5.82 Å². The van der Waals surface area contributed by atoms with Gasteiger partial charge in [-0.15, -0.1) is 0 Å². The van der Waals surface area contributed by atoms with Gasteiger partial charge >= 0.3 is 0 Å². The number of aromatic nitrogens is 1. The first kappa shape index (κ1) is 17.9. The number of hydrogen-bond acceptors (Lipinski definition) is 4. The lowest BCUT2D eigenvalue weighted by molar-refractivity contribution is -0.116. The van der Waals surface area contributed by atoms with Crippen LogP contribution in [-0.4, -0.2) is 50.2 Å². The molecule has 0 aliphatic heterocycles. The average Bonchev–Trinajstić information content (AvgIpc) is 2.46. The molecule has 1 rings (SSSR count). The molecule has 1 aromatic rings. The molecule has 0 bridgehead atoms. The molecule has 7 heteroatoms. The summed E-state index contributed by atoms with van der Waals surface area (Å²) in [7, 11) is 3.34. The van der Waals surface area contributed by atoms with Crippen molar-refractivity contribution >= 4 is 17.7 Å². The molecule has 0 saturated heterocycles. The van der Waals surface area contributed by atoms with E-state index in [1.807, 2.05) is 26.0 Å². The number of aryl methyl sites for hydroxylation is 1. The molecule has 0 saturated carbocycles. The number of carbonyl (C=O) groups excluding carboxylic acids is 1. The summed E-state index contributed by atoms with van der Waals surface area (Å²) in [6, 6.07) is 5.65. The van der Waals surface area contributed by atoms with Crippen molar-refractivity contribution in [3.8, 4) is 0 Å². The fourth-order valence-corrected chi connectivity index (χ4v) is 1.83. The summed E-state index contributed by atoms with van der Waals surface area (Å²) in [6.07, 6.45) is 0.328. The summed E-state index contributed by atoms with van der Waals surface area (Å²) < 4.78 is 5.05. The Kier molecular flexibility index (Phi) is 7.91. The molecule has 1 unspecified atom stereocenters. The van der Waals surface area contributed by atoms with E-state index in [0.29, 0.717) is 31.3 Å². The lowest BCUT2D eigenvalue weighted by Crippen LogP contribution is -2.44. The minimum Gasteiger partial charge on any atom is -0.383 e. The van der Waals surface area contributed by atoms with Crippen LogP contribution in [0.2, 0.25) is 0 Å². The number of methoxy groups -OCH3 is 1. The number of nitrogens with zero attached hydrogens (tertiary/aromatic N) is 2. The number of rotatable bonds is 7. The molecular formula is C15H25N5O2. The molecule has 0 spiro atoms. The molecule has 1 heterocycles. The molecule has 22 heavy (non-hydrogen) atoms. The molecule has 0 radical (unpaired) electrons. The third kappa shape index (κ3) is 7.03. The van der Waals surface area contributed by atoms with Crippen LogP contribution in [0.15, 0.2) is 23.2 Å². The number of carbonyl (C=O) groups is 1. The van der Waals surface area contributed by atoms with Crippen molar-refractivity contribution in [2.45, 2.75) is 26.3 Å². The van der Waals surface area contributed by atoms with Crippen LogP contribution in [0.3, 0.4) is 0 Å². The second-order valence-electron chi connectivity index (χ2n) is 4.96. The smallest absolute Gasteiger partial charge is 0.227 e. The molecule has 1 atom stereocenters. The summed E-state index contributed by atoms with van der Waals surface area (Å²) in [6.45, 7) is 4.94. The Morgan fingerprint density at radius 2 is 2.23 bits per heavy atom. The minimum atomic E-state index is -0.0917. The molecule has 0 aliphatic rings. The van der Waals surface area contributed by atoms with E-state index in [2.05, 4.69) is 25.9 Å². The fourth-order valence-electron chi connectivity index (χ4n) is 1.83. The largest absolute Gasteiger partial charge is 0.383 e. The maximum absolute atomic E-state index is 11.8. The summed E-state index contributed by atoms with van der Waals surface area (Å²) in [5, 5.41) is 9.02. The maximum atomic E-state index is 11.8. The van der Waals surface area contributed by atoms with Crippen LogP contribution in [0.25, 0.3) is 0 Å². The van der Waals surface area contributed by atoms with Crippen LogP contribution in [0.1, 0.15) is 19.0 Å². The number of hydrogen-bond donors (Lipinski definition) is 3. The van der Waals surface area contributed by atoms with Gasteiger partial charge in [0.05, 0.1) is 6.61 Å². The number of ether oxygens (including phenoxy) is 1. The van der Waals surface area contributed by atoms with Gasteiger partial charge in [-0.1, -0.05) is 6.07 Å². The maximum Gasteiger partial charge on any atom is 0.227 e. The molecule has 122 valence electrons. The van der Waals surface area contributed by atoms with Gasteiger partial charge in [0.1, 0.15) is 5.82 Å². The van der Waals surface area contributed by atoms with Crippen LogP contribution in [0, 0.1) is 6.92 Å². The first-order chi connectivity index (χ1) is 10.5. The monoisotopic (exact) mass is 307 g/mol. The second-order valence-corrected chi connectivity index (χ2v) is 4.96. The third-order valence-electron chi connectivity index (χ3n) is 2.82.